The Kier molecular flexibility index (Phi) is 3.22. The van der Waals surface area contributed by atoms with Crippen LogP contribution >= 0.6 is 0 Å². The Bertz CT molecular complexity index is 570. The maximum absolute atomic E-state index is 13.9. The van der Waals surface area contributed by atoms with Gasteiger partial charge in [0.25, 0.3) is 0 Å². The van der Waals surface area contributed by atoms with E-state index in [2.05, 4.69) is 0 Å². The fraction of sp³-hybridized carbons (Fsp3) is 0.250. The molecular weight excluding hydrogens is 241 g/mol. The molecular formula is C16H16FNO. The van der Waals surface area contributed by atoms with Gasteiger partial charge in [-0.25, -0.2) is 4.39 Å². The molecule has 0 saturated heterocycles. The van der Waals surface area contributed by atoms with E-state index < -0.39 is 0 Å². The van der Waals surface area contributed by atoms with Crippen LogP contribution in [-0.4, -0.2) is 6.04 Å². The molecule has 0 amide bonds. The zero-order chi connectivity index (χ0) is 13.2. The van der Waals surface area contributed by atoms with Crippen molar-refractivity contribution >= 4 is 0 Å². The molecule has 98 valence electrons. The summed E-state index contributed by atoms with van der Waals surface area (Å²) in [4.78, 5) is 0. The number of rotatable bonds is 4. The summed E-state index contributed by atoms with van der Waals surface area (Å²) in [7, 11) is 0. The van der Waals surface area contributed by atoms with Crippen LogP contribution in [0.4, 0.5) is 4.39 Å². The van der Waals surface area contributed by atoms with Crippen molar-refractivity contribution in [1.29, 1.82) is 0 Å². The molecule has 0 spiro atoms. The molecule has 2 nitrogen and oxygen atoms in total. The zero-order valence-electron chi connectivity index (χ0n) is 10.6. The lowest BCUT2D eigenvalue weighted by Gasteiger charge is -2.12. The smallest absolute Gasteiger partial charge is 0.130 e. The van der Waals surface area contributed by atoms with E-state index in [0.717, 1.165) is 12.0 Å². The third-order valence-electron chi connectivity index (χ3n) is 3.46. The van der Waals surface area contributed by atoms with Crippen molar-refractivity contribution in [2.45, 2.75) is 25.0 Å². The highest BCUT2D eigenvalue weighted by Gasteiger charge is 2.39. The van der Waals surface area contributed by atoms with Gasteiger partial charge in [0, 0.05) is 17.5 Å². The minimum atomic E-state index is -0.219. The normalized spacial score (nSPS) is 21.2. The first-order valence-corrected chi connectivity index (χ1v) is 6.46. The van der Waals surface area contributed by atoms with Gasteiger partial charge in [-0.15, -0.1) is 0 Å². The molecule has 2 aromatic rings. The predicted octanol–water partition coefficient (Wildman–Crippen LogP) is 3.22. The third-order valence-corrected chi connectivity index (χ3v) is 3.46. The number of benzene rings is 2. The summed E-state index contributed by atoms with van der Waals surface area (Å²) in [5.41, 5.74) is 7.52. The molecule has 3 heteroatoms. The van der Waals surface area contributed by atoms with E-state index in [-0.39, 0.29) is 17.8 Å². The largest absolute Gasteiger partial charge is 0.489 e. The van der Waals surface area contributed by atoms with Crippen molar-refractivity contribution in [3.63, 3.8) is 0 Å². The lowest BCUT2D eigenvalue weighted by atomic mass is 10.1. The Morgan fingerprint density at radius 2 is 1.84 bits per heavy atom. The SMILES string of the molecule is N[C@@H]1C[C@@H]1c1c(F)cccc1OCc1ccccc1. The number of ether oxygens (including phenoxy) is 1. The second-order valence-electron chi connectivity index (χ2n) is 4.93. The van der Waals surface area contributed by atoms with E-state index in [4.69, 9.17) is 10.5 Å². The van der Waals surface area contributed by atoms with Crippen molar-refractivity contribution < 1.29 is 9.13 Å². The molecule has 0 unspecified atom stereocenters. The average Bonchev–Trinajstić information content (AvgIpc) is 3.14. The summed E-state index contributed by atoms with van der Waals surface area (Å²) in [5, 5.41) is 0. The Labute approximate surface area is 112 Å². The van der Waals surface area contributed by atoms with Crippen LogP contribution in [0.1, 0.15) is 23.5 Å². The van der Waals surface area contributed by atoms with E-state index in [0.29, 0.717) is 17.9 Å². The summed E-state index contributed by atoms with van der Waals surface area (Å²) in [6, 6.07) is 14.9. The maximum Gasteiger partial charge on any atom is 0.130 e. The summed E-state index contributed by atoms with van der Waals surface area (Å²) in [6.07, 6.45) is 0.836. The second-order valence-corrected chi connectivity index (χ2v) is 4.93. The van der Waals surface area contributed by atoms with Gasteiger partial charge in [-0.05, 0) is 24.1 Å². The first kappa shape index (κ1) is 12.2. The first-order valence-electron chi connectivity index (χ1n) is 6.46. The Balaban J connectivity index is 1.79. The molecule has 1 saturated carbocycles. The molecule has 0 aromatic heterocycles. The highest BCUT2D eigenvalue weighted by molar-refractivity contribution is 5.42. The first-order chi connectivity index (χ1) is 9.25. The van der Waals surface area contributed by atoms with E-state index >= 15 is 0 Å². The van der Waals surface area contributed by atoms with E-state index in [1.165, 1.54) is 6.07 Å². The van der Waals surface area contributed by atoms with Crippen molar-refractivity contribution in [2.24, 2.45) is 5.73 Å². The highest BCUT2D eigenvalue weighted by atomic mass is 19.1. The third kappa shape index (κ3) is 2.61. The summed E-state index contributed by atoms with van der Waals surface area (Å²) >= 11 is 0. The maximum atomic E-state index is 13.9. The molecule has 2 N–H and O–H groups in total. The van der Waals surface area contributed by atoms with Crippen molar-refractivity contribution in [2.75, 3.05) is 0 Å². The quantitative estimate of drug-likeness (QED) is 0.912. The van der Waals surface area contributed by atoms with Crippen molar-refractivity contribution in [3.05, 3.63) is 65.5 Å². The fourth-order valence-electron chi connectivity index (χ4n) is 2.28. The molecule has 0 heterocycles. The number of hydrogen-bond acceptors (Lipinski definition) is 2. The van der Waals surface area contributed by atoms with Crippen LogP contribution in [0, 0.1) is 5.82 Å². The van der Waals surface area contributed by atoms with Gasteiger partial charge in [0.05, 0.1) is 0 Å². The molecule has 2 atom stereocenters. The molecule has 0 radical (unpaired) electrons. The monoisotopic (exact) mass is 257 g/mol. The van der Waals surface area contributed by atoms with Gasteiger partial charge in [0.2, 0.25) is 0 Å². The topological polar surface area (TPSA) is 35.2 Å². The summed E-state index contributed by atoms with van der Waals surface area (Å²) in [5.74, 6) is 0.497. The molecule has 19 heavy (non-hydrogen) atoms. The number of nitrogens with two attached hydrogens (primary N) is 1. The predicted molar refractivity (Wildman–Crippen MR) is 72.5 cm³/mol. The molecule has 1 aliphatic carbocycles. The van der Waals surface area contributed by atoms with Crippen LogP contribution in [0.25, 0.3) is 0 Å². The van der Waals surface area contributed by atoms with E-state index in [1.807, 2.05) is 36.4 Å². The van der Waals surface area contributed by atoms with Crippen molar-refractivity contribution in [3.8, 4) is 5.75 Å². The second kappa shape index (κ2) is 5.02. The highest BCUT2D eigenvalue weighted by Crippen LogP contribution is 2.44. The van der Waals surface area contributed by atoms with Gasteiger partial charge in [-0.3, -0.25) is 0 Å². The standard InChI is InChI=1S/C16H16FNO/c17-13-7-4-8-15(16(13)12-9-14(12)18)19-10-11-5-2-1-3-6-11/h1-8,12,14H,9-10,18H2/t12-,14+/m0/s1. The Morgan fingerprint density at radius 3 is 2.53 bits per heavy atom. The zero-order valence-corrected chi connectivity index (χ0v) is 10.6. The molecule has 0 bridgehead atoms. The minimum absolute atomic E-state index is 0.0657. The van der Waals surface area contributed by atoms with Gasteiger partial charge in [-0.2, -0.15) is 0 Å². The number of halogens is 1. The van der Waals surface area contributed by atoms with Gasteiger partial charge >= 0.3 is 0 Å². The summed E-state index contributed by atoms with van der Waals surface area (Å²) in [6.45, 7) is 0.444. The Hall–Kier alpha value is -1.87. The van der Waals surface area contributed by atoms with Crippen LogP contribution in [0.15, 0.2) is 48.5 Å². The fourth-order valence-corrected chi connectivity index (χ4v) is 2.28. The van der Waals surface area contributed by atoms with Crippen LogP contribution < -0.4 is 10.5 Å². The number of hydrogen-bond donors (Lipinski definition) is 1. The lowest BCUT2D eigenvalue weighted by Crippen LogP contribution is -2.05. The van der Waals surface area contributed by atoms with Crippen molar-refractivity contribution in [1.82, 2.24) is 0 Å². The summed E-state index contributed by atoms with van der Waals surface area (Å²) < 4.78 is 19.7. The van der Waals surface area contributed by atoms with E-state index in [1.54, 1.807) is 6.07 Å². The molecule has 3 rings (SSSR count). The minimum Gasteiger partial charge on any atom is -0.489 e. The van der Waals surface area contributed by atoms with Crippen LogP contribution in [0.3, 0.4) is 0 Å². The van der Waals surface area contributed by atoms with E-state index in [9.17, 15) is 4.39 Å². The van der Waals surface area contributed by atoms with Gasteiger partial charge < -0.3 is 10.5 Å². The van der Waals surface area contributed by atoms with Gasteiger partial charge in [-0.1, -0.05) is 36.4 Å². The molecule has 1 aliphatic rings. The molecule has 2 aromatic carbocycles. The average molecular weight is 257 g/mol. The lowest BCUT2D eigenvalue weighted by molar-refractivity contribution is 0.300. The molecule has 0 aliphatic heterocycles. The van der Waals surface area contributed by atoms with Crippen LogP contribution in [0.5, 0.6) is 5.75 Å². The van der Waals surface area contributed by atoms with Gasteiger partial charge in [0.1, 0.15) is 18.2 Å². The molecule has 1 fully saturated rings. The van der Waals surface area contributed by atoms with Gasteiger partial charge in [0.15, 0.2) is 0 Å². The van der Waals surface area contributed by atoms with Crippen LogP contribution in [0.2, 0.25) is 0 Å². The van der Waals surface area contributed by atoms with Crippen LogP contribution in [-0.2, 0) is 6.61 Å². The Morgan fingerprint density at radius 1 is 1.11 bits per heavy atom.